The van der Waals surface area contributed by atoms with Crippen LogP contribution in [0.4, 0.5) is 0 Å². The zero-order valence-electron chi connectivity index (χ0n) is 10.1. The van der Waals surface area contributed by atoms with Gasteiger partial charge in [-0.1, -0.05) is 13.3 Å². The first kappa shape index (κ1) is 11.4. The summed E-state index contributed by atoms with van der Waals surface area (Å²) >= 11 is 0. The second kappa shape index (κ2) is 5.28. The summed E-state index contributed by atoms with van der Waals surface area (Å²) in [6, 6.07) is 1.81. The van der Waals surface area contributed by atoms with Gasteiger partial charge in [-0.25, -0.2) is 4.98 Å². The van der Waals surface area contributed by atoms with Crippen LogP contribution in [0.5, 0.6) is 5.88 Å². The van der Waals surface area contributed by atoms with Crippen LogP contribution in [0.1, 0.15) is 50.8 Å². The van der Waals surface area contributed by atoms with Crippen LogP contribution in [0.3, 0.4) is 0 Å². The van der Waals surface area contributed by atoms with E-state index in [1.54, 1.807) is 19.4 Å². The molecule has 0 N–H and O–H groups in total. The number of aromatic nitrogens is 2. The van der Waals surface area contributed by atoms with Crippen molar-refractivity contribution in [3.63, 3.8) is 0 Å². The molecule has 1 aliphatic rings. The van der Waals surface area contributed by atoms with Crippen molar-refractivity contribution in [3.8, 4) is 5.88 Å². The number of ether oxygens (including phenoxy) is 1. The van der Waals surface area contributed by atoms with E-state index >= 15 is 0 Å². The lowest BCUT2D eigenvalue weighted by atomic mass is 9.80. The SMILES string of the molecule is CCC1CCC(c2nccc(OC)n2)CC1. The van der Waals surface area contributed by atoms with Gasteiger partial charge in [0.1, 0.15) is 5.82 Å². The van der Waals surface area contributed by atoms with Crippen LogP contribution >= 0.6 is 0 Å². The Bertz CT molecular complexity index is 332. The third-order valence-corrected chi connectivity index (χ3v) is 3.65. The van der Waals surface area contributed by atoms with Crippen molar-refractivity contribution < 1.29 is 4.74 Å². The molecule has 0 amide bonds. The minimum atomic E-state index is 0.540. The maximum absolute atomic E-state index is 5.14. The summed E-state index contributed by atoms with van der Waals surface area (Å²) in [7, 11) is 1.65. The predicted molar refractivity (Wildman–Crippen MR) is 63.6 cm³/mol. The van der Waals surface area contributed by atoms with Crippen LogP contribution in [-0.4, -0.2) is 17.1 Å². The lowest BCUT2D eigenvalue weighted by Gasteiger charge is -2.26. The van der Waals surface area contributed by atoms with Crippen LogP contribution in [-0.2, 0) is 0 Å². The Labute approximate surface area is 97.3 Å². The van der Waals surface area contributed by atoms with Gasteiger partial charge in [0.2, 0.25) is 5.88 Å². The van der Waals surface area contributed by atoms with Gasteiger partial charge in [0, 0.05) is 18.2 Å². The number of hydrogen-bond acceptors (Lipinski definition) is 3. The number of methoxy groups -OCH3 is 1. The Morgan fingerprint density at radius 3 is 2.69 bits per heavy atom. The van der Waals surface area contributed by atoms with Gasteiger partial charge in [0.15, 0.2) is 0 Å². The first-order valence-corrected chi connectivity index (χ1v) is 6.20. The maximum atomic E-state index is 5.14. The van der Waals surface area contributed by atoms with Gasteiger partial charge in [0.05, 0.1) is 7.11 Å². The van der Waals surface area contributed by atoms with Gasteiger partial charge in [-0.15, -0.1) is 0 Å². The molecule has 0 bridgehead atoms. The number of rotatable bonds is 3. The molecule has 1 aromatic heterocycles. The molecular formula is C13H20N2O. The van der Waals surface area contributed by atoms with E-state index in [9.17, 15) is 0 Å². The van der Waals surface area contributed by atoms with E-state index in [0.29, 0.717) is 11.8 Å². The first-order chi connectivity index (χ1) is 7.83. The Hall–Kier alpha value is -1.12. The van der Waals surface area contributed by atoms with E-state index in [2.05, 4.69) is 16.9 Å². The highest BCUT2D eigenvalue weighted by molar-refractivity contribution is 5.11. The highest BCUT2D eigenvalue weighted by Gasteiger charge is 2.23. The van der Waals surface area contributed by atoms with Crippen molar-refractivity contribution in [1.82, 2.24) is 9.97 Å². The topological polar surface area (TPSA) is 35.0 Å². The smallest absolute Gasteiger partial charge is 0.216 e. The maximum Gasteiger partial charge on any atom is 0.216 e. The molecule has 1 aliphatic carbocycles. The van der Waals surface area contributed by atoms with Crippen LogP contribution < -0.4 is 4.74 Å². The zero-order valence-corrected chi connectivity index (χ0v) is 10.1. The summed E-state index contributed by atoms with van der Waals surface area (Å²) in [6.45, 7) is 2.28. The minimum absolute atomic E-state index is 0.540. The molecule has 0 unspecified atom stereocenters. The average Bonchev–Trinajstić information content (AvgIpc) is 2.39. The van der Waals surface area contributed by atoms with Gasteiger partial charge < -0.3 is 4.74 Å². The van der Waals surface area contributed by atoms with Crippen molar-refractivity contribution in [3.05, 3.63) is 18.1 Å². The van der Waals surface area contributed by atoms with E-state index in [1.165, 1.54) is 32.1 Å². The van der Waals surface area contributed by atoms with Crippen molar-refractivity contribution in [1.29, 1.82) is 0 Å². The molecule has 0 aromatic carbocycles. The van der Waals surface area contributed by atoms with E-state index in [1.807, 2.05) is 0 Å². The minimum Gasteiger partial charge on any atom is -0.481 e. The molecule has 1 fully saturated rings. The molecule has 0 aliphatic heterocycles. The largest absolute Gasteiger partial charge is 0.481 e. The van der Waals surface area contributed by atoms with E-state index in [0.717, 1.165) is 11.7 Å². The van der Waals surface area contributed by atoms with Gasteiger partial charge in [-0.2, -0.15) is 4.98 Å². The van der Waals surface area contributed by atoms with E-state index in [-0.39, 0.29) is 0 Å². The van der Waals surface area contributed by atoms with E-state index < -0.39 is 0 Å². The van der Waals surface area contributed by atoms with Gasteiger partial charge in [0.25, 0.3) is 0 Å². The lowest BCUT2D eigenvalue weighted by molar-refractivity contribution is 0.309. The summed E-state index contributed by atoms with van der Waals surface area (Å²) < 4.78 is 5.14. The van der Waals surface area contributed by atoms with Gasteiger partial charge in [-0.3, -0.25) is 0 Å². The predicted octanol–water partition coefficient (Wildman–Crippen LogP) is 3.17. The standard InChI is InChI=1S/C13H20N2O/c1-3-10-4-6-11(7-5-10)13-14-9-8-12(15-13)16-2/h8-11H,3-7H2,1-2H3. The quantitative estimate of drug-likeness (QED) is 0.784. The molecule has 3 heteroatoms. The Kier molecular flexibility index (Phi) is 3.75. The lowest BCUT2D eigenvalue weighted by Crippen LogP contribution is -2.14. The summed E-state index contributed by atoms with van der Waals surface area (Å²) in [5.41, 5.74) is 0. The molecule has 3 nitrogen and oxygen atoms in total. The summed E-state index contributed by atoms with van der Waals surface area (Å²) in [6.07, 6.45) is 8.21. The summed E-state index contributed by atoms with van der Waals surface area (Å²) in [5, 5.41) is 0. The van der Waals surface area contributed by atoms with E-state index in [4.69, 9.17) is 4.74 Å². The molecule has 0 radical (unpaired) electrons. The molecule has 88 valence electrons. The third kappa shape index (κ3) is 2.52. The fourth-order valence-electron chi connectivity index (χ4n) is 2.50. The third-order valence-electron chi connectivity index (χ3n) is 3.65. The van der Waals surface area contributed by atoms with Crippen molar-refractivity contribution in [2.24, 2.45) is 5.92 Å². The summed E-state index contributed by atoms with van der Waals surface area (Å²) in [5.74, 6) is 3.11. The molecule has 1 saturated carbocycles. The molecule has 16 heavy (non-hydrogen) atoms. The monoisotopic (exact) mass is 220 g/mol. The Morgan fingerprint density at radius 2 is 2.06 bits per heavy atom. The fraction of sp³-hybridized carbons (Fsp3) is 0.692. The highest BCUT2D eigenvalue weighted by Crippen LogP contribution is 2.35. The molecule has 1 aromatic rings. The van der Waals surface area contributed by atoms with Crippen LogP contribution in [0, 0.1) is 5.92 Å². The second-order valence-corrected chi connectivity index (χ2v) is 4.58. The van der Waals surface area contributed by atoms with Gasteiger partial charge in [-0.05, 0) is 31.6 Å². The Morgan fingerprint density at radius 1 is 1.31 bits per heavy atom. The van der Waals surface area contributed by atoms with Crippen LogP contribution in [0.25, 0.3) is 0 Å². The van der Waals surface area contributed by atoms with Crippen LogP contribution in [0.2, 0.25) is 0 Å². The fourth-order valence-corrected chi connectivity index (χ4v) is 2.50. The van der Waals surface area contributed by atoms with Crippen molar-refractivity contribution in [2.75, 3.05) is 7.11 Å². The average molecular weight is 220 g/mol. The highest BCUT2D eigenvalue weighted by atomic mass is 16.5. The molecule has 2 rings (SSSR count). The number of nitrogens with zero attached hydrogens (tertiary/aromatic N) is 2. The van der Waals surface area contributed by atoms with Gasteiger partial charge >= 0.3 is 0 Å². The molecule has 0 spiro atoms. The molecule has 1 heterocycles. The molecular weight excluding hydrogens is 200 g/mol. The Balaban J connectivity index is 2.02. The summed E-state index contributed by atoms with van der Waals surface area (Å²) in [4.78, 5) is 8.80. The zero-order chi connectivity index (χ0) is 11.4. The number of hydrogen-bond donors (Lipinski definition) is 0. The van der Waals surface area contributed by atoms with Crippen LogP contribution in [0.15, 0.2) is 12.3 Å². The molecule has 0 saturated heterocycles. The molecule has 0 atom stereocenters. The normalized spacial score (nSPS) is 25.4. The first-order valence-electron chi connectivity index (χ1n) is 6.20. The second-order valence-electron chi connectivity index (χ2n) is 4.58. The van der Waals surface area contributed by atoms with Crippen molar-refractivity contribution >= 4 is 0 Å². The van der Waals surface area contributed by atoms with Crippen molar-refractivity contribution in [2.45, 2.75) is 44.9 Å².